The number of para-hydroxylation sites is 3. The Morgan fingerprint density at radius 2 is 1.84 bits per heavy atom. The second-order valence-corrected chi connectivity index (χ2v) is 8.60. The minimum atomic E-state index is 0.577. The highest BCUT2D eigenvalue weighted by Gasteiger charge is 2.11. The number of thioether (sulfide) groups is 1. The van der Waals surface area contributed by atoms with Crippen molar-refractivity contribution in [3.05, 3.63) is 100 Å². The standard InChI is InChI=1S/C25H17ClN4S/c26-19-11-9-17(10-12-19)15-30-16-18(21-5-1-4-8-24(21)30)13-20(14-27)31-25-28-22-6-2-3-7-23(22)29-25/h1-13,16H,15H2,(H,28,29)/b20-13+. The average Bonchev–Trinajstić information content (AvgIpc) is 3.36. The molecule has 5 rings (SSSR count). The Balaban J connectivity index is 1.50. The van der Waals surface area contributed by atoms with Crippen LogP contribution in [0.5, 0.6) is 0 Å². The molecule has 6 heteroatoms. The fourth-order valence-corrected chi connectivity index (χ4v) is 4.49. The molecular weight excluding hydrogens is 424 g/mol. The van der Waals surface area contributed by atoms with Gasteiger partial charge in [0.25, 0.3) is 0 Å². The van der Waals surface area contributed by atoms with E-state index in [-0.39, 0.29) is 0 Å². The molecule has 0 saturated carbocycles. The fraction of sp³-hybridized carbons (Fsp3) is 0.0400. The molecule has 1 N–H and O–H groups in total. The van der Waals surface area contributed by atoms with Gasteiger partial charge in [-0.05, 0) is 53.7 Å². The summed E-state index contributed by atoms with van der Waals surface area (Å²) in [4.78, 5) is 8.42. The van der Waals surface area contributed by atoms with Gasteiger partial charge in [0.15, 0.2) is 5.16 Å². The van der Waals surface area contributed by atoms with E-state index in [4.69, 9.17) is 11.6 Å². The zero-order valence-corrected chi connectivity index (χ0v) is 18.0. The normalized spacial score (nSPS) is 11.8. The number of hydrogen-bond acceptors (Lipinski definition) is 3. The lowest BCUT2D eigenvalue weighted by atomic mass is 10.1. The Morgan fingerprint density at radius 1 is 1.06 bits per heavy atom. The van der Waals surface area contributed by atoms with Gasteiger partial charge in [-0.2, -0.15) is 5.26 Å². The van der Waals surface area contributed by atoms with E-state index in [1.165, 1.54) is 11.8 Å². The molecule has 0 fully saturated rings. The van der Waals surface area contributed by atoms with Crippen molar-refractivity contribution in [3.8, 4) is 6.07 Å². The van der Waals surface area contributed by atoms with Gasteiger partial charge in [0.05, 0.1) is 15.9 Å². The van der Waals surface area contributed by atoms with Crippen LogP contribution in [0.15, 0.2) is 89.1 Å². The lowest BCUT2D eigenvalue weighted by Gasteiger charge is -2.05. The maximum Gasteiger partial charge on any atom is 0.171 e. The van der Waals surface area contributed by atoms with Gasteiger partial charge in [0.2, 0.25) is 0 Å². The zero-order valence-electron chi connectivity index (χ0n) is 16.4. The molecular formula is C25H17ClN4S. The van der Waals surface area contributed by atoms with E-state index in [1.54, 1.807) is 0 Å². The maximum atomic E-state index is 9.76. The van der Waals surface area contributed by atoms with E-state index in [9.17, 15) is 5.26 Å². The van der Waals surface area contributed by atoms with Gasteiger partial charge in [0.1, 0.15) is 6.07 Å². The molecule has 5 aromatic rings. The molecule has 2 heterocycles. The van der Waals surface area contributed by atoms with E-state index in [2.05, 4.69) is 38.9 Å². The van der Waals surface area contributed by atoms with Gasteiger partial charge in [-0.1, -0.05) is 54.1 Å². The summed E-state index contributed by atoms with van der Waals surface area (Å²) in [5.74, 6) is 0. The number of H-pyrrole nitrogens is 1. The van der Waals surface area contributed by atoms with Crippen LogP contribution in [0.2, 0.25) is 5.02 Å². The van der Waals surface area contributed by atoms with Crippen LogP contribution in [0.4, 0.5) is 0 Å². The largest absolute Gasteiger partial charge is 0.342 e. The second-order valence-electron chi connectivity index (χ2n) is 7.14. The average molecular weight is 441 g/mol. The Morgan fingerprint density at radius 3 is 2.65 bits per heavy atom. The van der Waals surface area contributed by atoms with Gasteiger partial charge in [-0.25, -0.2) is 4.98 Å². The molecule has 0 atom stereocenters. The number of aromatic amines is 1. The number of benzene rings is 3. The van der Waals surface area contributed by atoms with Crippen LogP contribution in [0.25, 0.3) is 28.0 Å². The monoisotopic (exact) mass is 440 g/mol. The third-order valence-electron chi connectivity index (χ3n) is 5.06. The molecule has 0 saturated heterocycles. The van der Waals surface area contributed by atoms with Crippen molar-refractivity contribution in [2.75, 3.05) is 0 Å². The molecule has 0 radical (unpaired) electrons. The first-order chi connectivity index (χ1) is 15.2. The highest BCUT2D eigenvalue weighted by Crippen LogP contribution is 2.30. The van der Waals surface area contributed by atoms with Crippen molar-refractivity contribution < 1.29 is 0 Å². The molecule has 3 aromatic carbocycles. The Labute approximate surface area is 188 Å². The second kappa shape index (κ2) is 8.35. The number of fused-ring (bicyclic) bond motifs is 2. The summed E-state index contributed by atoms with van der Waals surface area (Å²) in [6.45, 7) is 0.726. The number of nitrogens with one attached hydrogen (secondary N) is 1. The first-order valence-corrected chi connectivity index (χ1v) is 11.0. The number of hydrogen-bond donors (Lipinski definition) is 1. The van der Waals surface area contributed by atoms with Gasteiger partial charge >= 0.3 is 0 Å². The number of nitrogens with zero attached hydrogens (tertiary/aromatic N) is 3. The van der Waals surface area contributed by atoms with Crippen molar-refractivity contribution in [3.63, 3.8) is 0 Å². The summed E-state index contributed by atoms with van der Waals surface area (Å²) >= 11 is 7.37. The zero-order chi connectivity index (χ0) is 21.2. The minimum absolute atomic E-state index is 0.577. The quantitative estimate of drug-likeness (QED) is 0.239. The van der Waals surface area contributed by atoms with Crippen LogP contribution >= 0.6 is 23.4 Å². The Kier molecular flexibility index (Phi) is 5.25. The number of allylic oxidation sites excluding steroid dienone is 1. The number of rotatable bonds is 5. The van der Waals surface area contributed by atoms with Crippen molar-refractivity contribution in [2.45, 2.75) is 11.7 Å². The van der Waals surface area contributed by atoms with Crippen molar-refractivity contribution >= 4 is 51.4 Å². The lowest BCUT2D eigenvalue weighted by molar-refractivity contribution is 0.836. The smallest absolute Gasteiger partial charge is 0.171 e. The predicted molar refractivity (Wildman–Crippen MR) is 128 cm³/mol. The molecule has 0 aliphatic rings. The highest BCUT2D eigenvalue weighted by atomic mass is 35.5. The fourth-order valence-electron chi connectivity index (χ4n) is 3.62. The molecule has 0 spiro atoms. The molecule has 0 bridgehead atoms. The van der Waals surface area contributed by atoms with Crippen LogP contribution in [0.1, 0.15) is 11.1 Å². The number of nitriles is 1. The molecule has 0 unspecified atom stereocenters. The minimum Gasteiger partial charge on any atom is -0.342 e. The van der Waals surface area contributed by atoms with Crippen molar-refractivity contribution in [1.82, 2.24) is 14.5 Å². The Bertz CT molecular complexity index is 1420. The lowest BCUT2D eigenvalue weighted by Crippen LogP contribution is -1.97. The van der Waals surface area contributed by atoms with Gasteiger partial charge in [0, 0.05) is 34.2 Å². The van der Waals surface area contributed by atoms with Gasteiger partial charge in [-0.15, -0.1) is 0 Å². The first-order valence-electron chi connectivity index (χ1n) is 9.76. The SMILES string of the molecule is N#C/C(=C\c1cn(Cc2ccc(Cl)cc2)c2ccccc12)Sc1nc2ccccc2[nH]1. The maximum absolute atomic E-state index is 9.76. The topological polar surface area (TPSA) is 57.4 Å². The van der Waals surface area contributed by atoms with Gasteiger partial charge in [-0.3, -0.25) is 0 Å². The third-order valence-corrected chi connectivity index (χ3v) is 6.12. The van der Waals surface area contributed by atoms with Gasteiger partial charge < -0.3 is 9.55 Å². The van der Waals surface area contributed by atoms with Crippen LogP contribution < -0.4 is 0 Å². The van der Waals surface area contributed by atoms with E-state index in [0.717, 1.165) is 44.6 Å². The summed E-state index contributed by atoms with van der Waals surface area (Å²) in [5, 5.41) is 12.3. The van der Waals surface area contributed by atoms with Crippen molar-refractivity contribution in [1.29, 1.82) is 5.26 Å². The number of imidazole rings is 1. The summed E-state index contributed by atoms with van der Waals surface area (Å²) in [7, 11) is 0. The molecule has 0 aliphatic heterocycles. The highest BCUT2D eigenvalue weighted by molar-refractivity contribution is 8.03. The van der Waals surface area contributed by atoms with Crippen LogP contribution in [-0.4, -0.2) is 14.5 Å². The Hall–Kier alpha value is -3.46. The molecule has 0 aliphatic carbocycles. The van der Waals surface area contributed by atoms with E-state index in [1.807, 2.05) is 66.7 Å². The number of halogens is 1. The summed E-state index contributed by atoms with van der Waals surface area (Å²) in [5.41, 5.74) is 5.14. The molecule has 0 amide bonds. The number of aromatic nitrogens is 3. The molecule has 150 valence electrons. The third kappa shape index (κ3) is 4.09. The predicted octanol–water partition coefficient (Wildman–Crippen LogP) is 6.88. The summed E-state index contributed by atoms with van der Waals surface area (Å²) < 4.78 is 2.20. The molecule has 2 aromatic heterocycles. The molecule has 31 heavy (non-hydrogen) atoms. The van der Waals surface area contributed by atoms with Crippen LogP contribution in [0, 0.1) is 11.3 Å². The summed E-state index contributed by atoms with van der Waals surface area (Å²) in [6, 6.07) is 26.3. The van der Waals surface area contributed by atoms with E-state index < -0.39 is 0 Å². The van der Waals surface area contributed by atoms with E-state index >= 15 is 0 Å². The van der Waals surface area contributed by atoms with Crippen LogP contribution in [-0.2, 0) is 6.54 Å². The molecule has 4 nitrogen and oxygen atoms in total. The summed E-state index contributed by atoms with van der Waals surface area (Å²) in [6.07, 6.45) is 4.02. The van der Waals surface area contributed by atoms with Crippen molar-refractivity contribution in [2.24, 2.45) is 0 Å². The van der Waals surface area contributed by atoms with Crippen LogP contribution in [0.3, 0.4) is 0 Å². The first kappa shape index (κ1) is 19.5. The van der Waals surface area contributed by atoms with E-state index in [0.29, 0.717) is 10.1 Å².